The summed E-state index contributed by atoms with van der Waals surface area (Å²) in [4.78, 5) is 13.0. The molecular formula is C18H18N4O. The number of benzene rings is 1. The van der Waals surface area contributed by atoms with Gasteiger partial charge in [-0.3, -0.25) is 4.98 Å². The SMILES string of the molecule is c1ccc(C2OCCC2CNc2ccc3nccnc3n2)cc1. The highest BCUT2D eigenvalue weighted by Crippen LogP contribution is 2.34. The molecule has 3 aromatic rings. The molecule has 0 saturated carbocycles. The highest BCUT2D eigenvalue weighted by molar-refractivity contribution is 5.71. The lowest BCUT2D eigenvalue weighted by molar-refractivity contribution is 0.0933. The van der Waals surface area contributed by atoms with Gasteiger partial charge in [0.05, 0.1) is 6.10 Å². The predicted octanol–water partition coefficient (Wildman–Crippen LogP) is 3.21. The smallest absolute Gasteiger partial charge is 0.180 e. The predicted molar refractivity (Wildman–Crippen MR) is 89.1 cm³/mol. The van der Waals surface area contributed by atoms with Crippen LogP contribution in [0.1, 0.15) is 18.1 Å². The Kier molecular flexibility index (Phi) is 3.86. The molecule has 0 radical (unpaired) electrons. The number of anilines is 1. The second-order valence-electron chi connectivity index (χ2n) is 5.73. The minimum absolute atomic E-state index is 0.156. The minimum Gasteiger partial charge on any atom is -0.373 e. The largest absolute Gasteiger partial charge is 0.373 e. The average molecular weight is 306 g/mol. The van der Waals surface area contributed by atoms with Gasteiger partial charge in [-0.2, -0.15) is 0 Å². The van der Waals surface area contributed by atoms with Gasteiger partial charge in [0, 0.05) is 31.5 Å². The summed E-state index contributed by atoms with van der Waals surface area (Å²) in [7, 11) is 0. The molecule has 1 aliphatic rings. The summed E-state index contributed by atoms with van der Waals surface area (Å²) >= 11 is 0. The number of nitrogens with zero attached hydrogens (tertiary/aromatic N) is 3. The van der Waals surface area contributed by atoms with Crippen molar-refractivity contribution in [1.82, 2.24) is 15.0 Å². The average Bonchev–Trinajstić information content (AvgIpc) is 3.09. The molecule has 5 heteroatoms. The number of aromatic nitrogens is 3. The Bertz CT molecular complexity index is 793. The normalized spacial score (nSPS) is 20.7. The summed E-state index contributed by atoms with van der Waals surface area (Å²) < 4.78 is 5.93. The molecular weight excluding hydrogens is 288 g/mol. The van der Waals surface area contributed by atoms with Crippen LogP contribution in [0.2, 0.25) is 0 Å². The van der Waals surface area contributed by atoms with Gasteiger partial charge in [0.15, 0.2) is 5.65 Å². The lowest BCUT2D eigenvalue weighted by atomic mass is 9.95. The molecule has 4 rings (SSSR count). The van der Waals surface area contributed by atoms with E-state index in [2.05, 4.69) is 44.5 Å². The molecule has 0 aliphatic carbocycles. The maximum Gasteiger partial charge on any atom is 0.180 e. The standard InChI is InChI=1S/C18H18N4O/c1-2-4-13(5-3-1)17-14(8-11-23-17)12-21-16-7-6-15-18(22-16)20-10-9-19-15/h1-7,9-10,14,17H,8,11-12H2,(H,20,21,22). The van der Waals surface area contributed by atoms with Crippen molar-refractivity contribution in [2.75, 3.05) is 18.5 Å². The van der Waals surface area contributed by atoms with Gasteiger partial charge in [-0.25, -0.2) is 9.97 Å². The first-order chi connectivity index (χ1) is 11.4. The Balaban J connectivity index is 1.47. The fourth-order valence-electron chi connectivity index (χ4n) is 3.04. The van der Waals surface area contributed by atoms with E-state index in [-0.39, 0.29) is 6.10 Å². The molecule has 1 fully saturated rings. The first-order valence-electron chi connectivity index (χ1n) is 7.88. The fourth-order valence-corrected chi connectivity index (χ4v) is 3.04. The van der Waals surface area contributed by atoms with Gasteiger partial charge in [-0.1, -0.05) is 30.3 Å². The van der Waals surface area contributed by atoms with Crippen molar-refractivity contribution in [3.8, 4) is 0 Å². The molecule has 1 aromatic carbocycles. The Morgan fingerprint density at radius 2 is 1.91 bits per heavy atom. The van der Waals surface area contributed by atoms with Crippen molar-refractivity contribution in [2.45, 2.75) is 12.5 Å². The summed E-state index contributed by atoms with van der Waals surface area (Å²) in [5.74, 6) is 1.27. The van der Waals surface area contributed by atoms with Crippen LogP contribution in [0.15, 0.2) is 54.9 Å². The Morgan fingerprint density at radius 3 is 2.83 bits per heavy atom. The third-order valence-electron chi connectivity index (χ3n) is 4.22. The Morgan fingerprint density at radius 1 is 1.04 bits per heavy atom. The molecule has 1 saturated heterocycles. The molecule has 0 amide bonds. The van der Waals surface area contributed by atoms with E-state index in [1.165, 1.54) is 5.56 Å². The van der Waals surface area contributed by atoms with E-state index in [1.54, 1.807) is 12.4 Å². The molecule has 3 heterocycles. The van der Waals surface area contributed by atoms with Crippen LogP contribution in [-0.4, -0.2) is 28.1 Å². The first-order valence-corrected chi connectivity index (χ1v) is 7.88. The van der Waals surface area contributed by atoms with Gasteiger partial charge >= 0.3 is 0 Å². The van der Waals surface area contributed by atoms with Crippen molar-refractivity contribution in [3.05, 3.63) is 60.4 Å². The van der Waals surface area contributed by atoms with Crippen LogP contribution in [0.5, 0.6) is 0 Å². The Hall–Kier alpha value is -2.53. The zero-order valence-electron chi connectivity index (χ0n) is 12.7. The number of rotatable bonds is 4. The summed E-state index contributed by atoms with van der Waals surface area (Å²) in [6.45, 7) is 1.64. The molecule has 0 spiro atoms. The van der Waals surface area contributed by atoms with E-state index < -0.39 is 0 Å². The summed E-state index contributed by atoms with van der Waals surface area (Å²) in [6.07, 6.45) is 4.55. The van der Waals surface area contributed by atoms with Crippen molar-refractivity contribution >= 4 is 17.0 Å². The van der Waals surface area contributed by atoms with Gasteiger partial charge in [0.1, 0.15) is 11.3 Å². The second-order valence-corrected chi connectivity index (χ2v) is 5.73. The third kappa shape index (κ3) is 3.00. The van der Waals surface area contributed by atoms with E-state index >= 15 is 0 Å². The zero-order chi connectivity index (χ0) is 15.5. The van der Waals surface area contributed by atoms with Gasteiger partial charge < -0.3 is 10.1 Å². The lowest BCUT2D eigenvalue weighted by Gasteiger charge is -2.19. The second kappa shape index (κ2) is 6.30. The van der Waals surface area contributed by atoms with Gasteiger partial charge in [0.2, 0.25) is 0 Å². The monoisotopic (exact) mass is 306 g/mol. The number of hydrogen-bond acceptors (Lipinski definition) is 5. The van der Waals surface area contributed by atoms with Crippen LogP contribution < -0.4 is 5.32 Å². The molecule has 116 valence electrons. The molecule has 1 N–H and O–H groups in total. The fraction of sp³-hybridized carbons (Fsp3) is 0.278. The topological polar surface area (TPSA) is 59.9 Å². The van der Waals surface area contributed by atoms with Crippen LogP contribution in [0.3, 0.4) is 0 Å². The van der Waals surface area contributed by atoms with Crippen LogP contribution in [0.4, 0.5) is 5.82 Å². The van der Waals surface area contributed by atoms with Crippen LogP contribution in [-0.2, 0) is 4.74 Å². The summed E-state index contributed by atoms with van der Waals surface area (Å²) in [5, 5.41) is 3.42. The van der Waals surface area contributed by atoms with Crippen molar-refractivity contribution in [2.24, 2.45) is 5.92 Å². The zero-order valence-corrected chi connectivity index (χ0v) is 12.7. The maximum atomic E-state index is 5.93. The number of ether oxygens (including phenoxy) is 1. The van der Waals surface area contributed by atoms with Crippen LogP contribution in [0.25, 0.3) is 11.2 Å². The summed E-state index contributed by atoms with van der Waals surface area (Å²) in [6, 6.07) is 14.3. The van der Waals surface area contributed by atoms with Crippen molar-refractivity contribution in [3.63, 3.8) is 0 Å². The molecule has 2 atom stereocenters. The molecule has 23 heavy (non-hydrogen) atoms. The maximum absolute atomic E-state index is 5.93. The van der Waals surface area contributed by atoms with Crippen LogP contribution >= 0.6 is 0 Å². The highest BCUT2D eigenvalue weighted by Gasteiger charge is 2.29. The van der Waals surface area contributed by atoms with Crippen LogP contribution in [0, 0.1) is 5.92 Å². The molecule has 1 aliphatic heterocycles. The highest BCUT2D eigenvalue weighted by atomic mass is 16.5. The number of nitrogens with one attached hydrogen (secondary N) is 1. The molecule has 2 unspecified atom stereocenters. The van der Waals surface area contributed by atoms with Crippen molar-refractivity contribution in [1.29, 1.82) is 0 Å². The molecule has 5 nitrogen and oxygen atoms in total. The van der Waals surface area contributed by atoms with E-state index in [4.69, 9.17) is 4.74 Å². The van der Waals surface area contributed by atoms with Gasteiger partial charge in [-0.15, -0.1) is 0 Å². The van der Waals surface area contributed by atoms with E-state index in [0.29, 0.717) is 11.6 Å². The van der Waals surface area contributed by atoms with Gasteiger partial charge in [-0.05, 0) is 24.1 Å². The number of fused-ring (bicyclic) bond motifs is 1. The summed E-state index contributed by atoms with van der Waals surface area (Å²) in [5.41, 5.74) is 2.72. The molecule has 0 bridgehead atoms. The third-order valence-corrected chi connectivity index (χ3v) is 4.22. The lowest BCUT2D eigenvalue weighted by Crippen LogP contribution is -2.18. The number of hydrogen-bond donors (Lipinski definition) is 1. The Labute approximate surface area is 134 Å². The van der Waals surface area contributed by atoms with Gasteiger partial charge in [0.25, 0.3) is 0 Å². The van der Waals surface area contributed by atoms with E-state index in [9.17, 15) is 0 Å². The molecule has 2 aromatic heterocycles. The van der Waals surface area contributed by atoms with E-state index in [0.717, 1.165) is 30.9 Å². The minimum atomic E-state index is 0.156. The quantitative estimate of drug-likeness (QED) is 0.802. The van der Waals surface area contributed by atoms with Crippen molar-refractivity contribution < 1.29 is 4.74 Å². The van der Waals surface area contributed by atoms with E-state index in [1.807, 2.05) is 18.2 Å². The first kappa shape index (κ1) is 14.1. The number of pyridine rings is 1.